The molecule has 0 radical (unpaired) electrons. The Labute approximate surface area is 141 Å². The largest absolute Gasteiger partial charge is 0.321 e. The first-order valence-electron chi connectivity index (χ1n) is 6.36. The van der Waals surface area contributed by atoms with Crippen LogP contribution in [-0.4, -0.2) is 10.9 Å². The zero-order valence-corrected chi connectivity index (χ0v) is 13.4. The van der Waals surface area contributed by atoms with Crippen LogP contribution in [0.5, 0.6) is 0 Å². The molecule has 0 saturated heterocycles. The van der Waals surface area contributed by atoms with Crippen LogP contribution in [0.15, 0.2) is 48.7 Å². The first kappa shape index (κ1) is 15.1. The standard InChI is InChI=1S/C16H9Cl3N2O/c17-12-8-20-15(14(19)13(12)18)16(22)21-11-6-5-9-3-1-2-4-10(9)7-11/h1-8H,(H,21,22). The summed E-state index contributed by atoms with van der Waals surface area (Å²) in [5, 5.41) is 5.21. The molecule has 3 nitrogen and oxygen atoms in total. The molecule has 0 atom stereocenters. The minimum Gasteiger partial charge on any atom is -0.321 e. The van der Waals surface area contributed by atoms with E-state index in [-0.39, 0.29) is 20.8 Å². The number of carbonyl (C=O) groups is 1. The van der Waals surface area contributed by atoms with Crippen LogP contribution in [-0.2, 0) is 0 Å². The van der Waals surface area contributed by atoms with E-state index in [1.165, 1.54) is 6.20 Å². The first-order valence-corrected chi connectivity index (χ1v) is 7.49. The number of aromatic nitrogens is 1. The van der Waals surface area contributed by atoms with Gasteiger partial charge >= 0.3 is 0 Å². The van der Waals surface area contributed by atoms with Gasteiger partial charge in [-0.1, -0.05) is 65.1 Å². The van der Waals surface area contributed by atoms with Crippen LogP contribution in [0.1, 0.15) is 10.5 Å². The predicted octanol–water partition coefficient (Wildman–Crippen LogP) is 5.45. The van der Waals surface area contributed by atoms with Gasteiger partial charge in [0.1, 0.15) is 5.69 Å². The summed E-state index contributed by atoms with van der Waals surface area (Å²) in [5.74, 6) is -0.446. The molecule has 3 aromatic rings. The van der Waals surface area contributed by atoms with E-state index in [2.05, 4.69) is 10.3 Å². The number of fused-ring (bicyclic) bond motifs is 1. The van der Waals surface area contributed by atoms with Crippen LogP contribution < -0.4 is 5.32 Å². The molecule has 0 aliphatic heterocycles. The van der Waals surface area contributed by atoms with Gasteiger partial charge in [-0.2, -0.15) is 0 Å². The maximum Gasteiger partial charge on any atom is 0.275 e. The summed E-state index contributed by atoms with van der Waals surface area (Å²) in [6.45, 7) is 0. The zero-order chi connectivity index (χ0) is 15.7. The molecule has 1 N–H and O–H groups in total. The Bertz CT molecular complexity index is 880. The summed E-state index contributed by atoms with van der Waals surface area (Å²) >= 11 is 17.7. The third-order valence-electron chi connectivity index (χ3n) is 3.14. The van der Waals surface area contributed by atoms with E-state index in [0.29, 0.717) is 5.69 Å². The second kappa shape index (κ2) is 6.13. The van der Waals surface area contributed by atoms with Gasteiger partial charge in [-0.3, -0.25) is 4.79 Å². The minimum absolute atomic E-state index is 0.0317. The van der Waals surface area contributed by atoms with Gasteiger partial charge in [0.2, 0.25) is 0 Å². The van der Waals surface area contributed by atoms with Gasteiger partial charge in [0.25, 0.3) is 5.91 Å². The number of anilines is 1. The van der Waals surface area contributed by atoms with Gasteiger partial charge in [-0.25, -0.2) is 4.98 Å². The molecule has 1 heterocycles. The van der Waals surface area contributed by atoms with Crippen molar-refractivity contribution in [3.8, 4) is 0 Å². The number of nitrogens with zero attached hydrogens (tertiary/aromatic N) is 1. The number of hydrogen-bond acceptors (Lipinski definition) is 2. The third-order valence-corrected chi connectivity index (χ3v) is 4.38. The molecule has 1 aromatic heterocycles. The fourth-order valence-corrected chi connectivity index (χ4v) is 2.63. The van der Waals surface area contributed by atoms with Crippen LogP contribution in [0.3, 0.4) is 0 Å². The normalized spacial score (nSPS) is 10.7. The fourth-order valence-electron chi connectivity index (χ4n) is 2.06. The van der Waals surface area contributed by atoms with E-state index < -0.39 is 5.91 Å². The van der Waals surface area contributed by atoms with Gasteiger partial charge in [-0.15, -0.1) is 0 Å². The van der Waals surface area contributed by atoms with Crippen molar-refractivity contribution in [2.75, 3.05) is 5.32 Å². The first-order chi connectivity index (χ1) is 10.6. The SMILES string of the molecule is O=C(Nc1ccc2ccccc2c1)c1ncc(Cl)c(Cl)c1Cl. The smallest absolute Gasteiger partial charge is 0.275 e. The highest BCUT2D eigenvalue weighted by Gasteiger charge is 2.17. The van der Waals surface area contributed by atoms with Crippen molar-refractivity contribution >= 4 is 57.2 Å². The molecule has 0 aliphatic rings. The molecule has 0 bridgehead atoms. The molecule has 3 rings (SSSR count). The fraction of sp³-hybridized carbons (Fsp3) is 0. The van der Waals surface area contributed by atoms with Crippen molar-refractivity contribution < 1.29 is 4.79 Å². The lowest BCUT2D eigenvalue weighted by Gasteiger charge is -2.08. The van der Waals surface area contributed by atoms with Gasteiger partial charge in [0.05, 0.1) is 15.1 Å². The molecular weight excluding hydrogens is 343 g/mol. The number of benzene rings is 2. The number of pyridine rings is 1. The Morgan fingerprint density at radius 1 is 0.955 bits per heavy atom. The van der Waals surface area contributed by atoms with Crippen molar-refractivity contribution in [3.05, 3.63) is 69.4 Å². The van der Waals surface area contributed by atoms with Crippen molar-refractivity contribution in [3.63, 3.8) is 0 Å². The van der Waals surface area contributed by atoms with Crippen molar-refractivity contribution in [1.29, 1.82) is 0 Å². The van der Waals surface area contributed by atoms with Crippen LogP contribution in [0, 0.1) is 0 Å². The molecule has 0 aliphatic carbocycles. The van der Waals surface area contributed by atoms with E-state index in [1.54, 1.807) is 0 Å². The number of nitrogens with one attached hydrogen (secondary N) is 1. The monoisotopic (exact) mass is 350 g/mol. The quantitative estimate of drug-likeness (QED) is 0.667. The number of halogens is 3. The maximum absolute atomic E-state index is 12.3. The summed E-state index contributed by atoms with van der Waals surface area (Å²) in [6, 6.07) is 13.5. The Hall–Kier alpha value is -1.81. The highest BCUT2D eigenvalue weighted by atomic mass is 35.5. The molecule has 0 fully saturated rings. The molecule has 22 heavy (non-hydrogen) atoms. The molecule has 0 spiro atoms. The number of rotatable bonds is 2. The number of amides is 1. The molecule has 1 amide bonds. The Morgan fingerprint density at radius 3 is 2.45 bits per heavy atom. The van der Waals surface area contributed by atoms with E-state index in [9.17, 15) is 4.79 Å². The lowest BCUT2D eigenvalue weighted by molar-refractivity contribution is 0.102. The van der Waals surface area contributed by atoms with Gasteiger partial charge in [0, 0.05) is 11.9 Å². The molecule has 2 aromatic carbocycles. The highest BCUT2D eigenvalue weighted by Crippen LogP contribution is 2.31. The van der Waals surface area contributed by atoms with Crippen LogP contribution >= 0.6 is 34.8 Å². The third kappa shape index (κ3) is 2.88. The topological polar surface area (TPSA) is 42.0 Å². The average molecular weight is 352 g/mol. The van der Waals surface area contributed by atoms with Gasteiger partial charge in [0.15, 0.2) is 0 Å². The Kier molecular flexibility index (Phi) is 4.21. The van der Waals surface area contributed by atoms with Crippen molar-refractivity contribution in [1.82, 2.24) is 4.98 Å². The van der Waals surface area contributed by atoms with E-state index in [0.717, 1.165) is 10.8 Å². The zero-order valence-electron chi connectivity index (χ0n) is 11.1. The van der Waals surface area contributed by atoms with Crippen molar-refractivity contribution in [2.24, 2.45) is 0 Å². The van der Waals surface area contributed by atoms with Crippen LogP contribution in [0.2, 0.25) is 15.1 Å². The maximum atomic E-state index is 12.3. The lowest BCUT2D eigenvalue weighted by atomic mass is 10.1. The highest BCUT2D eigenvalue weighted by molar-refractivity contribution is 6.49. The minimum atomic E-state index is -0.446. The second-order valence-electron chi connectivity index (χ2n) is 4.60. The van der Waals surface area contributed by atoms with E-state index in [1.807, 2.05) is 42.5 Å². The molecule has 6 heteroatoms. The Morgan fingerprint density at radius 2 is 1.68 bits per heavy atom. The summed E-state index contributed by atoms with van der Waals surface area (Å²) in [4.78, 5) is 16.2. The average Bonchev–Trinajstić information content (AvgIpc) is 2.52. The lowest BCUT2D eigenvalue weighted by Crippen LogP contribution is -2.14. The second-order valence-corrected chi connectivity index (χ2v) is 5.76. The summed E-state index contributed by atoms with van der Waals surface area (Å²) in [5.41, 5.74) is 0.678. The molecule has 0 saturated carbocycles. The molecular formula is C16H9Cl3N2O. The van der Waals surface area contributed by atoms with Gasteiger partial charge < -0.3 is 5.32 Å². The van der Waals surface area contributed by atoms with E-state index >= 15 is 0 Å². The van der Waals surface area contributed by atoms with E-state index in [4.69, 9.17) is 34.8 Å². The van der Waals surface area contributed by atoms with Crippen LogP contribution in [0.25, 0.3) is 10.8 Å². The number of carbonyl (C=O) groups excluding carboxylic acids is 1. The molecule has 110 valence electrons. The summed E-state index contributed by atoms with van der Waals surface area (Å²) in [7, 11) is 0. The van der Waals surface area contributed by atoms with Crippen molar-refractivity contribution in [2.45, 2.75) is 0 Å². The number of hydrogen-bond donors (Lipinski definition) is 1. The summed E-state index contributed by atoms with van der Waals surface area (Å²) in [6.07, 6.45) is 1.30. The van der Waals surface area contributed by atoms with Gasteiger partial charge in [-0.05, 0) is 22.9 Å². The predicted molar refractivity (Wildman–Crippen MR) is 91.2 cm³/mol. The molecule has 0 unspecified atom stereocenters. The van der Waals surface area contributed by atoms with Crippen LogP contribution in [0.4, 0.5) is 5.69 Å². The summed E-state index contributed by atoms with van der Waals surface area (Å²) < 4.78 is 0. The Balaban J connectivity index is 1.91.